The van der Waals surface area contributed by atoms with Gasteiger partial charge < -0.3 is 9.84 Å². The van der Waals surface area contributed by atoms with Crippen molar-refractivity contribution in [2.45, 2.75) is 33.0 Å². The molecule has 0 radical (unpaired) electrons. The summed E-state index contributed by atoms with van der Waals surface area (Å²) in [5.74, 6) is -2.66. The molecule has 0 aliphatic carbocycles. The molecule has 6 nitrogen and oxygen atoms in total. The van der Waals surface area contributed by atoms with Crippen molar-refractivity contribution in [3.8, 4) is 11.4 Å². The van der Waals surface area contributed by atoms with Crippen molar-refractivity contribution in [1.82, 2.24) is 15.5 Å². The largest absolute Gasteiger partial charge is 0.471 e. The number of amides is 1. The maximum Gasteiger partial charge on any atom is 0.471 e. The third-order valence-electron chi connectivity index (χ3n) is 3.18. The maximum absolute atomic E-state index is 12.4. The van der Waals surface area contributed by atoms with Gasteiger partial charge in [0.25, 0.3) is 5.91 Å². The number of nitrogens with one attached hydrogen (secondary N) is 1. The fourth-order valence-electron chi connectivity index (χ4n) is 1.97. The number of Topliss-reactive ketones (excluding diaryl/α,β-unsaturated/α-hetero) is 1. The molecule has 0 unspecified atom stereocenters. The van der Waals surface area contributed by atoms with E-state index in [1.807, 2.05) is 13.8 Å². The fraction of sp³-hybridized carbons (Fsp3) is 0.375. The molecular formula is C16H16F3N3O3. The highest BCUT2D eigenvalue weighted by Crippen LogP contribution is 2.29. The quantitative estimate of drug-likeness (QED) is 0.805. The molecule has 0 saturated heterocycles. The summed E-state index contributed by atoms with van der Waals surface area (Å²) >= 11 is 0. The minimum absolute atomic E-state index is 0.0917. The minimum Gasteiger partial charge on any atom is -0.345 e. The van der Waals surface area contributed by atoms with Crippen LogP contribution in [0.15, 0.2) is 28.8 Å². The summed E-state index contributed by atoms with van der Waals surface area (Å²) in [6, 6.07) is 6.18. The lowest BCUT2D eigenvalue weighted by atomic mass is 10.1. The Bertz CT molecular complexity index is 752. The number of aromatic nitrogens is 2. The molecule has 0 aliphatic heterocycles. The van der Waals surface area contributed by atoms with Gasteiger partial charge in [0.1, 0.15) is 0 Å². The molecule has 134 valence electrons. The van der Waals surface area contributed by atoms with Gasteiger partial charge in [-0.1, -0.05) is 43.3 Å². The van der Waals surface area contributed by atoms with Gasteiger partial charge >= 0.3 is 12.1 Å². The second kappa shape index (κ2) is 7.45. The number of rotatable bonds is 6. The SMILES string of the molecule is CC(C)CC(=O)C(=O)NCc1ccc(-c2noc(C(F)(F)F)n2)cc1. The lowest BCUT2D eigenvalue weighted by Crippen LogP contribution is -2.31. The van der Waals surface area contributed by atoms with Crippen LogP contribution in [0.5, 0.6) is 0 Å². The van der Waals surface area contributed by atoms with Crippen molar-refractivity contribution in [2.75, 3.05) is 0 Å². The molecule has 2 aromatic rings. The number of halogens is 3. The van der Waals surface area contributed by atoms with Gasteiger partial charge in [-0.15, -0.1) is 0 Å². The summed E-state index contributed by atoms with van der Waals surface area (Å²) in [6.07, 6.45) is -4.53. The third-order valence-corrected chi connectivity index (χ3v) is 3.18. The van der Waals surface area contributed by atoms with E-state index >= 15 is 0 Å². The smallest absolute Gasteiger partial charge is 0.345 e. The second-order valence-corrected chi connectivity index (χ2v) is 5.82. The van der Waals surface area contributed by atoms with Crippen molar-refractivity contribution in [1.29, 1.82) is 0 Å². The number of carbonyl (C=O) groups excluding carboxylic acids is 2. The fourth-order valence-corrected chi connectivity index (χ4v) is 1.97. The van der Waals surface area contributed by atoms with Crippen LogP contribution in [0.1, 0.15) is 31.7 Å². The first-order valence-electron chi connectivity index (χ1n) is 7.48. The van der Waals surface area contributed by atoms with Crippen LogP contribution in [0.3, 0.4) is 0 Å². The summed E-state index contributed by atoms with van der Waals surface area (Å²) in [5, 5.41) is 5.79. The molecule has 1 N–H and O–H groups in total. The standard InChI is InChI=1S/C16H16F3N3O3/c1-9(2)7-12(23)14(24)20-8-10-3-5-11(6-4-10)13-21-15(25-22-13)16(17,18)19/h3-6,9H,7-8H2,1-2H3,(H,20,24). The Labute approximate surface area is 141 Å². The average Bonchev–Trinajstić information content (AvgIpc) is 3.02. The molecular weight excluding hydrogens is 339 g/mol. The molecule has 9 heteroatoms. The Kier molecular flexibility index (Phi) is 5.55. The maximum atomic E-state index is 12.4. The Hall–Kier alpha value is -2.71. The number of nitrogens with zero attached hydrogens (tertiary/aromatic N) is 2. The predicted octanol–water partition coefficient (Wildman–Crippen LogP) is 2.99. The molecule has 1 heterocycles. The van der Waals surface area contributed by atoms with Crippen LogP contribution in [0, 0.1) is 5.92 Å². The number of alkyl halides is 3. The average molecular weight is 355 g/mol. The Morgan fingerprint density at radius 1 is 1.20 bits per heavy atom. The highest BCUT2D eigenvalue weighted by atomic mass is 19.4. The van der Waals surface area contributed by atoms with E-state index in [4.69, 9.17) is 0 Å². The van der Waals surface area contributed by atoms with E-state index in [9.17, 15) is 22.8 Å². The van der Waals surface area contributed by atoms with Crippen molar-refractivity contribution < 1.29 is 27.3 Å². The van der Waals surface area contributed by atoms with Gasteiger partial charge in [-0.05, 0) is 11.5 Å². The van der Waals surface area contributed by atoms with E-state index in [1.165, 1.54) is 12.1 Å². The number of hydrogen-bond acceptors (Lipinski definition) is 5. The van der Waals surface area contributed by atoms with Crippen molar-refractivity contribution in [3.05, 3.63) is 35.7 Å². The number of benzene rings is 1. The van der Waals surface area contributed by atoms with Crippen LogP contribution in [0.4, 0.5) is 13.2 Å². The van der Waals surface area contributed by atoms with Gasteiger partial charge in [0.05, 0.1) is 0 Å². The van der Waals surface area contributed by atoms with E-state index in [0.29, 0.717) is 11.1 Å². The first-order valence-corrected chi connectivity index (χ1v) is 7.48. The molecule has 25 heavy (non-hydrogen) atoms. The second-order valence-electron chi connectivity index (χ2n) is 5.82. The lowest BCUT2D eigenvalue weighted by molar-refractivity contribution is -0.159. The molecule has 2 rings (SSSR count). The zero-order valence-corrected chi connectivity index (χ0v) is 13.6. The Morgan fingerprint density at radius 3 is 2.36 bits per heavy atom. The normalized spacial score (nSPS) is 11.6. The van der Waals surface area contributed by atoms with E-state index in [0.717, 1.165) is 0 Å². The van der Waals surface area contributed by atoms with Gasteiger partial charge in [0, 0.05) is 18.5 Å². The summed E-state index contributed by atoms with van der Waals surface area (Å²) in [4.78, 5) is 26.5. The first kappa shape index (κ1) is 18.6. The molecule has 1 aromatic carbocycles. The predicted molar refractivity (Wildman–Crippen MR) is 81.0 cm³/mol. The zero-order valence-electron chi connectivity index (χ0n) is 13.6. The third kappa shape index (κ3) is 5.13. The van der Waals surface area contributed by atoms with Crippen LogP contribution in [0.2, 0.25) is 0 Å². The van der Waals surface area contributed by atoms with Crippen molar-refractivity contribution in [2.24, 2.45) is 5.92 Å². The molecule has 0 bridgehead atoms. The van der Waals surface area contributed by atoms with Crippen molar-refractivity contribution >= 4 is 11.7 Å². The van der Waals surface area contributed by atoms with Gasteiger partial charge in [-0.2, -0.15) is 18.2 Å². The van der Waals surface area contributed by atoms with Gasteiger partial charge in [0.2, 0.25) is 11.6 Å². The first-order chi connectivity index (χ1) is 11.7. The van der Waals surface area contributed by atoms with Crippen molar-refractivity contribution in [3.63, 3.8) is 0 Å². The van der Waals surface area contributed by atoms with Crippen LogP contribution in [-0.4, -0.2) is 21.8 Å². The zero-order chi connectivity index (χ0) is 18.6. The molecule has 0 saturated carbocycles. The monoisotopic (exact) mass is 355 g/mol. The molecule has 0 atom stereocenters. The highest BCUT2D eigenvalue weighted by Gasteiger charge is 2.38. The molecule has 0 spiro atoms. The van der Waals surface area contributed by atoms with Crippen LogP contribution < -0.4 is 5.32 Å². The van der Waals surface area contributed by atoms with E-state index < -0.39 is 23.8 Å². The highest BCUT2D eigenvalue weighted by molar-refractivity contribution is 6.36. The lowest BCUT2D eigenvalue weighted by Gasteiger charge is -2.06. The summed E-state index contributed by atoms with van der Waals surface area (Å²) < 4.78 is 41.5. The summed E-state index contributed by atoms with van der Waals surface area (Å²) in [6.45, 7) is 3.81. The van der Waals surface area contributed by atoms with Gasteiger partial charge in [-0.3, -0.25) is 9.59 Å². The molecule has 1 aromatic heterocycles. The van der Waals surface area contributed by atoms with E-state index in [2.05, 4.69) is 20.0 Å². The van der Waals surface area contributed by atoms with Gasteiger partial charge in [0.15, 0.2) is 0 Å². The van der Waals surface area contributed by atoms with Crippen LogP contribution in [0.25, 0.3) is 11.4 Å². The topological polar surface area (TPSA) is 85.1 Å². The van der Waals surface area contributed by atoms with E-state index in [-0.39, 0.29) is 24.7 Å². The van der Waals surface area contributed by atoms with Crippen LogP contribution >= 0.6 is 0 Å². The number of ketones is 1. The number of hydrogen-bond donors (Lipinski definition) is 1. The van der Waals surface area contributed by atoms with E-state index in [1.54, 1.807) is 12.1 Å². The molecule has 0 fully saturated rings. The molecule has 0 aliphatic rings. The van der Waals surface area contributed by atoms with Crippen LogP contribution in [-0.2, 0) is 22.3 Å². The molecule has 1 amide bonds. The summed E-state index contributed by atoms with van der Waals surface area (Å²) in [7, 11) is 0. The summed E-state index contributed by atoms with van der Waals surface area (Å²) in [5.41, 5.74) is 1.01. The minimum atomic E-state index is -4.70. The Balaban J connectivity index is 1.97. The Morgan fingerprint density at radius 2 is 1.84 bits per heavy atom. The number of carbonyl (C=O) groups is 2. The van der Waals surface area contributed by atoms with Gasteiger partial charge in [-0.25, -0.2) is 0 Å².